The van der Waals surface area contributed by atoms with E-state index in [1.165, 1.54) is 37.9 Å². The highest BCUT2D eigenvalue weighted by molar-refractivity contribution is 8.00. The minimum absolute atomic E-state index is 0. The van der Waals surface area contributed by atoms with E-state index in [1.807, 2.05) is 23.1 Å². The molecule has 0 spiro atoms. The summed E-state index contributed by atoms with van der Waals surface area (Å²) < 4.78 is 1.46. The highest BCUT2D eigenvalue weighted by Gasteiger charge is 2.18. The molecular weight excluding hydrogens is 318 g/mol. The van der Waals surface area contributed by atoms with Gasteiger partial charge in [0.1, 0.15) is 0 Å². The van der Waals surface area contributed by atoms with Crippen LogP contribution in [0.1, 0.15) is 23.1 Å². The SMILES string of the molecule is C[NH+](C)CC/C=C1\c2ccccc2CSc2sccc21.[Cl-]. The summed E-state index contributed by atoms with van der Waals surface area (Å²) in [7, 11) is 4.43. The third-order valence-corrected chi connectivity index (χ3v) is 5.86. The molecule has 1 aromatic heterocycles. The van der Waals surface area contributed by atoms with Crippen LogP contribution < -0.4 is 17.3 Å². The second-order valence-electron chi connectivity index (χ2n) is 5.43. The summed E-state index contributed by atoms with van der Waals surface area (Å²) in [4.78, 5) is 1.50. The molecule has 0 saturated carbocycles. The van der Waals surface area contributed by atoms with E-state index in [1.54, 1.807) is 0 Å². The standard InChI is InChI=1S/C17H19NS2.ClH/c1-18(2)10-5-8-15-14-7-4-3-6-13(14)12-20-17-16(15)9-11-19-17;/h3-4,6-9,11H,5,10,12H2,1-2H3;1H/b15-8+;. The zero-order valence-corrected chi connectivity index (χ0v) is 14.7. The third-order valence-electron chi connectivity index (χ3n) is 3.58. The van der Waals surface area contributed by atoms with Gasteiger partial charge in [0.15, 0.2) is 0 Å². The van der Waals surface area contributed by atoms with Crippen LogP contribution in [0.4, 0.5) is 0 Å². The predicted molar refractivity (Wildman–Crippen MR) is 89.7 cm³/mol. The Kier molecular flexibility index (Phi) is 5.94. The highest BCUT2D eigenvalue weighted by Crippen LogP contribution is 2.42. The summed E-state index contributed by atoms with van der Waals surface area (Å²) in [5.41, 5.74) is 5.75. The van der Waals surface area contributed by atoms with E-state index in [4.69, 9.17) is 0 Å². The molecule has 0 aliphatic carbocycles. The number of hydrogen-bond acceptors (Lipinski definition) is 2. The maximum atomic E-state index is 2.43. The fraction of sp³-hybridized carbons (Fsp3) is 0.294. The second-order valence-corrected chi connectivity index (χ2v) is 7.59. The summed E-state index contributed by atoms with van der Waals surface area (Å²) in [6, 6.07) is 11.1. The molecule has 0 saturated heterocycles. The molecule has 1 aliphatic heterocycles. The van der Waals surface area contributed by atoms with Gasteiger partial charge in [-0.15, -0.1) is 23.1 Å². The van der Waals surface area contributed by atoms with E-state index >= 15 is 0 Å². The summed E-state index contributed by atoms with van der Waals surface area (Å²) in [6.45, 7) is 1.18. The van der Waals surface area contributed by atoms with Gasteiger partial charge in [-0.1, -0.05) is 30.3 Å². The molecular formula is C17H20ClNS2. The van der Waals surface area contributed by atoms with Crippen molar-refractivity contribution in [3.05, 3.63) is 58.5 Å². The van der Waals surface area contributed by atoms with Crippen molar-refractivity contribution in [2.75, 3.05) is 20.6 Å². The van der Waals surface area contributed by atoms with Crippen LogP contribution in [-0.2, 0) is 5.75 Å². The average Bonchev–Trinajstić information content (AvgIpc) is 2.84. The van der Waals surface area contributed by atoms with Gasteiger partial charge in [0.2, 0.25) is 0 Å². The molecule has 1 aliphatic rings. The van der Waals surface area contributed by atoms with Gasteiger partial charge in [-0.2, -0.15) is 0 Å². The van der Waals surface area contributed by atoms with Crippen molar-refractivity contribution in [1.29, 1.82) is 0 Å². The van der Waals surface area contributed by atoms with E-state index in [-0.39, 0.29) is 12.4 Å². The highest BCUT2D eigenvalue weighted by atomic mass is 35.5. The Morgan fingerprint density at radius 1 is 1.14 bits per heavy atom. The van der Waals surface area contributed by atoms with E-state index in [0.717, 1.165) is 12.2 Å². The van der Waals surface area contributed by atoms with Gasteiger partial charge in [0, 0.05) is 17.7 Å². The largest absolute Gasteiger partial charge is 1.00 e. The Morgan fingerprint density at radius 2 is 1.95 bits per heavy atom. The van der Waals surface area contributed by atoms with Gasteiger partial charge < -0.3 is 17.3 Å². The van der Waals surface area contributed by atoms with Crippen LogP contribution in [0.25, 0.3) is 5.57 Å². The first-order valence-electron chi connectivity index (χ1n) is 7.04. The third kappa shape index (κ3) is 3.72. The number of benzene rings is 1. The molecule has 1 N–H and O–H groups in total. The molecule has 0 radical (unpaired) electrons. The molecule has 1 aromatic carbocycles. The van der Waals surface area contributed by atoms with E-state index in [9.17, 15) is 0 Å². The fourth-order valence-electron chi connectivity index (χ4n) is 2.53. The topological polar surface area (TPSA) is 4.44 Å². The quantitative estimate of drug-likeness (QED) is 0.845. The molecule has 0 amide bonds. The summed E-state index contributed by atoms with van der Waals surface area (Å²) >= 11 is 3.84. The lowest BCUT2D eigenvalue weighted by Gasteiger charge is -2.10. The van der Waals surface area contributed by atoms with Crippen LogP contribution in [0.5, 0.6) is 0 Å². The van der Waals surface area contributed by atoms with Crippen LogP contribution >= 0.6 is 23.1 Å². The number of fused-ring (bicyclic) bond motifs is 2. The van der Waals surface area contributed by atoms with Gasteiger partial charge >= 0.3 is 0 Å². The molecule has 0 atom stereocenters. The first-order chi connectivity index (χ1) is 9.75. The first kappa shape index (κ1) is 16.6. The Bertz CT molecular complexity index is 631. The van der Waals surface area contributed by atoms with Crippen LogP contribution in [0, 0.1) is 0 Å². The van der Waals surface area contributed by atoms with Crippen molar-refractivity contribution >= 4 is 28.7 Å². The van der Waals surface area contributed by atoms with Crippen LogP contribution in [0.15, 0.2) is 46.0 Å². The molecule has 0 bridgehead atoms. The summed E-state index contributed by atoms with van der Waals surface area (Å²) in [5.74, 6) is 1.08. The fourth-order valence-corrected chi connectivity index (χ4v) is 4.65. The predicted octanol–water partition coefficient (Wildman–Crippen LogP) is 0.324. The molecule has 2 aromatic rings. The number of hydrogen-bond donors (Lipinski definition) is 1. The van der Waals surface area contributed by atoms with E-state index in [2.05, 4.69) is 55.9 Å². The second kappa shape index (κ2) is 7.50. The zero-order valence-electron chi connectivity index (χ0n) is 12.4. The average molecular weight is 338 g/mol. The molecule has 3 rings (SSSR count). The number of halogens is 1. The first-order valence-corrected chi connectivity index (χ1v) is 8.90. The maximum absolute atomic E-state index is 2.43. The molecule has 0 fully saturated rings. The van der Waals surface area contributed by atoms with Crippen molar-refractivity contribution < 1.29 is 17.3 Å². The molecule has 0 unspecified atom stereocenters. The number of rotatable bonds is 3. The lowest BCUT2D eigenvalue weighted by molar-refractivity contribution is -0.857. The normalized spacial score (nSPS) is 15.3. The number of nitrogens with one attached hydrogen (secondary N) is 1. The number of thiophene rings is 1. The molecule has 21 heavy (non-hydrogen) atoms. The lowest BCUT2D eigenvalue weighted by Crippen LogP contribution is -3.05. The lowest BCUT2D eigenvalue weighted by atomic mass is 9.95. The van der Waals surface area contributed by atoms with Crippen molar-refractivity contribution in [2.45, 2.75) is 16.4 Å². The number of thioether (sulfide) groups is 1. The van der Waals surface area contributed by atoms with Gasteiger partial charge in [-0.25, -0.2) is 0 Å². The van der Waals surface area contributed by atoms with Crippen LogP contribution in [0.3, 0.4) is 0 Å². The smallest absolute Gasteiger partial charge is 0.0802 e. The molecule has 1 nitrogen and oxygen atoms in total. The van der Waals surface area contributed by atoms with E-state index < -0.39 is 0 Å². The van der Waals surface area contributed by atoms with Crippen molar-refractivity contribution in [3.8, 4) is 0 Å². The van der Waals surface area contributed by atoms with Crippen molar-refractivity contribution in [2.24, 2.45) is 0 Å². The van der Waals surface area contributed by atoms with Crippen LogP contribution in [-0.4, -0.2) is 20.6 Å². The summed E-state index contributed by atoms with van der Waals surface area (Å²) in [6.07, 6.45) is 3.56. The van der Waals surface area contributed by atoms with Gasteiger partial charge in [0.05, 0.1) is 24.8 Å². The van der Waals surface area contributed by atoms with E-state index in [0.29, 0.717) is 0 Å². The Balaban J connectivity index is 0.00000161. The molecule has 2 heterocycles. The zero-order chi connectivity index (χ0) is 13.9. The Labute approximate surface area is 141 Å². The maximum Gasteiger partial charge on any atom is 0.0802 e. The minimum atomic E-state index is 0. The summed E-state index contributed by atoms with van der Waals surface area (Å²) in [5, 5.41) is 2.22. The molecule has 112 valence electrons. The minimum Gasteiger partial charge on any atom is -1.00 e. The molecule has 4 heteroatoms. The Hall–Kier alpha value is -0.740. The number of quaternary nitrogens is 1. The monoisotopic (exact) mass is 337 g/mol. The van der Waals surface area contributed by atoms with Gasteiger partial charge in [-0.3, -0.25) is 0 Å². The van der Waals surface area contributed by atoms with Gasteiger partial charge in [-0.05, 0) is 28.1 Å². The Morgan fingerprint density at radius 3 is 2.76 bits per heavy atom. The van der Waals surface area contributed by atoms with Crippen molar-refractivity contribution in [1.82, 2.24) is 0 Å². The van der Waals surface area contributed by atoms with Gasteiger partial charge in [0.25, 0.3) is 0 Å². The van der Waals surface area contributed by atoms with Crippen molar-refractivity contribution in [3.63, 3.8) is 0 Å². The van der Waals surface area contributed by atoms with Crippen LogP contribution in [0.2, 0.25) is 0 Å².